The molecule has 1 fully saturated rings. The van der Waals surface area contributed by atoms with E-state index >= 15 is 0 Å². The van der Waals surface area contributed by atoms with Crippen LogP contribution in [0.5, 0.6) is 5.75 Å². The van der Waals surface area contributed by atoms with Crippen molar-refractivity contribution in [1.82, 2.24) is 9.88 Å². The van der Waals surface area contributed by atoms with Gasteiger partial charge in [-0.3, -0.25) is 0 Å². The third kappa shape index (κ3) is 6.92. The SMILES string of the molecule is CCCCOCCOCCOc1ccc2nc(-c3ccc(N4CCN(C)CC4)cc3)ccc2c1. The number of pyridine rings is 1. The molecule has 182 valence electrons. The summed E-state index contributed by atoms with van der Waals surface area (Å²) in [6.07, 6.45) is 2.26. The van der Waals surface area contributed by atoms with E-state index in [2.05, 4.69) is 60.2 Å². The van der Waals surface area contributed by atoms with Crippen molar-refractivity contribution in [3.05, 3.63) is 54.6 Å². The number of aromatic nitrogens is 1. The van der Waals surface area contributed by atoms with Crippen molar-refractivity contribution in [3.8, 4) is 17.0 Å². The summed E-state index contributed by atoms with van der Waals surface area (Å²) >= 11 is 0. The first-order valence-corrected chi connectivity index (χ1v) is 12.5. The Morgan fingerprint density at radius 1 is 0.794 bits per heavy atom. The molecule has 6 heteroatoms. The molecule has 2 aromatic carbocycles. The molecule has 6 nitrogen and oxygen atoms in total. The predicted octanol–water partition coefficient (Wildman–Crippen LogP) is 4.87. The van der Waals surface area contributed by atoms with Gasteiger partial charge in [0.15, 0.2) is 0 Å². The molecule has 0 bridgehead atoms. The molecule has 2 heterocycles. The van der Waals surface area contributed by atoms with Crippen LogP contribution in [0.4, 0.5) is 5.69 Å². The first kappa shape index (κ1) is 24.5. The number of likely N-dealkylation sites (N-methyl/N-ethyl adjacent to an activating group) is 1. The van der Waals surface area contributed by atoms with Crippen LogP contribution in [0.2, 0.25) is 0 Å². The molecule has 1 aliphatic heterocycles. The highest BCUT2D eigenvalue weighted by Gasteiger charge is 2.14. The van der Waals surface area contributed by atoms with E-state index in [0.29, 0.717) is 26.4 Å². The second-order valence-electron chi connectivity index (χ2n) is 8.81. The molecule has 0 spiro atoms. The third-order valence-electron chi connectivity index (χ3n) is 6.20. The van der Waals surface area contributed by atoms with Gasteiger partial charge in [-0.25, -0.2) is 4.98 Å². The zero-order valence-corrected chi connectivity index (χ0v) is 20.5. The lowest BCUT2D eigenvalue weighted by Crippen LogP contribution is -2.44. The fraction of sp³-hybridized carbons (Fsp3) is 0.464. The van der Waals surface area contributed by atoms with E-state index in [9.17, 15) is 0 Å². The molecule has 1 aliphatic rings. The van der Waals surface area contributed by atoms with E-state index in [4.69, 9.17) is 19.2 Å². The maximum absolute atomic E-state index is 5.85. The van der Waals surface area contributed by atoms with Gasteiger partial charge in [-0.1, -0.05) is 31.5 Å². The Labute approximate surface area is 203 Å². The van der Waals surface area contributed by atoms with Crippen molar-refractivity contribution >= 4 is 16.6 Å². The van der Waals surface area contributed by atoms with Crippen LogP contribution < -0.4 is 9.64 Å². The number of rotatable bonds is 12. The number of hydrogen-bond acceptors (Lipinski definition) is 6. The predicted molar refractivity (Wildman–Crippen MR) is 139 cm³/mol. The van der Waals surface area contributed by atoms with E-state index in [1.54, 1.807) is 0 Å². The van der Waals surface area contributed by atoms with E-state index in [1.807, 2.05) is 18.2 Å². The summed E-state index contributed by atoms with van der Waals surface area (Å²) in [6, 6.07) is 19.0. The fourth-order valence-electron chi connectivity index (χ4n) is 4.05. The van der Waals surface area contributed by atoms with E-state index in [0.717, 1.165) is 73.5 Å². The van der Waals surface area contributed by atoms with Crippen LogP contribution in [0.3, 0.4) is 0 Å². The molecule has 0 aliphatic carbocycles. The first-order valence-electron chi connectivity index (χ1n) is 12.5. The summed E-state index contributed by atoms with van der Waals surface area (Å²) in [5.74, 6) is 0.835. The number of unbranched alkanes of at least 4 members (excludes halogenated alkanes) is 1. The van der Waals surface area contributed by atoms with Crippen LogP contribution in [-0.2, 0) is 9.47 Å². The Bertz CT molecular complexity index is 1020. The summed E-state index contributed by atoms with van der Waals surface area (Å²) in [7, 11) is 2.18. The zero-order valence-electron chi connectivity index (χ0n) is 20.5. The topological polar surface area (TPSA) is 47.1 Å². The van der Waals surface area contributed by atoms with Crippen molar-refractivity contribution in [1.29, 1.82) is 0 Å². The van der Waals surface area contributed by atoms with Gasteiger partial charge in [0.05, 0.1) is 31.0 Å². The summed E-state index contributed by atoms with van der Waals surface area (Å²) < 4.78 is 16.9. The van der Waals surface area contributed by atoms with Crippen molar-refractivity contribution in [2.75, 3.05) is 71.2 Å². The number of ether oxygens (including phenoxy) is 3. The fourth-order valence-corrected chi connectivity index (χ4v) is 4.05. The lowest BCUT2D eigenvalue weighted by Gasteiger charge is -2.34. The van der Waals surface area contributed by atoms with Crippen LogP contribution in [0.25, 0.3) is 22.2 Å². The van der Waals surface area contributed by atoms with Crippen LogP contribution >= 0.6 is 0 Å². The average Bonchev–Trinajstić information content (AvgIpc) is 2.88. The van der Waals surface area contributed by atoms with Gasteiger partial charge in [-0.15, -0.1) is 0 Å². The molecule has 0 N–H and O–H groups in total. The number of hydrogen-bond donors (Lipinski definition) is 0. The molecule has 1 aromatic heterocycles. The summed E-state index contributed by atoms with van der Waals surface area (Å²) in [6.45, 7) is 9.67. The number of anilines is 1. The molecule has 0 amide bonds. The molecule has 34 heavy (non-hydrogen) atoms. The monoisotopic (exact) mass is 463 g/mol. The van der Waals surface area contributed by atoms with Crippen LogP contribution in [-0.4, -0.2) is 76.1 Å². The molecule has 0 atom stereocenters. The molecule has 3 aromatic rings. The number of benzene rings is 2. The highest BCUT2D eigenvalue weighted by molar-refractivity contribution is 5.83. The van der Waals surface area contributed by atoms with E-state index in [1.165, 1.54) is 5.69 Å². The maximum atomic E-state index is 5.85. The highest BCUT2D eigenvalue weighted by atomic mass is 16.5. The Hall–Kier alpha value is -2.67. The van der Waals surface area contributed by atoms with Gasteiger partial charge in [0.25, 0.3) is 0 Å². The van der Waals surface area contributed by atoms with Crippen molar-refractivity contribution < 1.29 is 14.2 Å². The smallest absolute Gasteiger partial charge is 0.120 e. The second kappa shape index (κ2) is 12.7. The van der Waals surface area contributed by atoms with Gasteiger partial charge >= 0.3 is 0 Å². The minimum absolute atomic E-state index is 0.519. The van der Waals surface area contributed by atoms with Gasteiger partial charge < -0.3 is 24.0 Å². The van der Waals surface area contributed by atoms with Crippen molar-refractivity contribution in [2.24, 2.45) is 0 Å². The van der Waals surface area contributed by atoms with Crippen molar-refractivity contribution in [3.63, 3.8) is 0 Å². The van der Waals surface area contributed by atoms with Gasteiger partial charge in [0.2, 0.25) is 0 Å². The molecule has 1 saturated heterocycles. The van der Waals surface area contributed by atoms with Crippen LogP contribution in [0, 0.1) is 0 Å². The summed E-state index contributed by atoms with van der Waals surface area (Å²) in [5.41, 5.74) is 4.37. The van der Waals surface area contributed by atoms with Crippen LogP contribution in [0.1, 0.15) is 19.8 Å². The first-order chi connectivity index (χ1) is 16.7. The second-order valence-corrected chi connectivity index (χ2v) is 8.81. The van der Waals surface area contributed by atoms with Crippen molar-refractivity contribution in [2.45, 2.75) is 19.8 Å². The molecule has 0 unspecified atom stereocenters. The molecule has 4 rings (SSSR count). The number of piperazine rings is 1. The third-order valence-corrected chi connectivity index (χ3v) is 6.20. The normalized spacial score (nSPS) is 14.6. The Kier molecular flexibility index (Phi) is 9.13. The molecular formula is C28H37N3O3. The lowest BCUT2D eigenvalue weighted by atomic mass is 10.1. The van der Waals surface area contributed by atoms with E-state index < -0.39 is 0 Å². The van der Waals surface area contributed by atoms with Gasteiger partial charge in [-0.05, 0) is 49.9 Å². The van der Waals surface area contributed by atoms with Crippen LogP contribution in [0.15, 0.2) is 54.6 Å². The Morgan fingerprint density at radius 2 is 1.53 bits per heavy atom. The average molecular weight is 464 g/mol. The molecule has 0 saturated carbocycles. The quantitative estimate of drug-likeness (QED) is 0.357. The zero-order chi connectivity index (χ0) is 23.6. The highest BCUT2D eigenvalue weighted by Crippen LogP contribution is 2.26. The Balaban J connectivity index is 1.27. The lowest BCUT2D eigenvalue weighted by molar-refractivity contribution is 0.0356. The number of fused-ring (bicyclic) bond motifs is 1. The van der Waals surface area contributed by atoms with E-state index in [-0.39, 0.29) is 0 Å². The van der Waals surface area contributed by atoms with Gasteiger partial charge in [0, 0.05) is 49.4 Å². The minimum Gasteiger partial charge on any atom is -0.491 e. The maximum Gasteiger partial charge on any atom is 0.120 e. The molecular weight excluding hydrogens is 426 g/mol. The minimum atomic E-state index is 0.519. The standard InChI is InChI=1S/C28H37N3O3/c1-3-4-17-32-18-19-33-20-21-34-26-10-12-28-24(22-26)7-11-27(29-28)23-5-8-25(9-6-23)31-15-13-30(2)14-16-31/h5-12,22H,3-4,13-21H2,1-2H3. The van der Waals surface area contributed by atoms with Gasteiger partial charge in [-0.2, -0.15) is 0 Å². The summed E-state index contributed by atoms with van der Waals surface area (Å²) in [4.78, 5) is 9.70. The molecule has 0 radical (unpaired) electrons. The number of nitrogens with zero attached hydrogens (tertiary/aromatic N) is 3. The Morgan fingerprint density at radius 3 is 2.29 bits per heavy atom. The van der Waals surface area contributed by atoms with Gasteiger partial charge in [0.1, 0.15) is 12.4 Å². The largest absolute Gasteiger partial charge is 0.491 e. The summed E-state index contributed by atoms with van der Waals surface area (Å²) in [5, 5.41) is 1.07.